The van der Waals surface area contributed by atoms with E-state index in [-0.39, 0.29) is 12.3 Å². The average molecular weight is 374 g/mol. The first kappa shape index (κ1) is 19.9. The number of carboxylic acids is 1. The Morgan fingerprint density at radius 1 is 1.35 bits per heavy atom. The molecule has 1 amide bonds. The molecule has 0 aliphatic carbocycles. The highest BCUT2D eigenvalue weighted by atomic mass is 19.4. The monoisotopic (exact) mass is 374 g/mol. The summed E-state index contributed by atoms with van der Waals surface area (Å²) >= 11 is 0. The number of carboxylic acid groups (broad SMARTS) is 1. The van der Waals surface area contributed by atoms with Crippen molar-refractivity contribution in [3.63, 3.8) is 0 Å². The second kappa shape index (κ2) is 7.43. The van der Waals surface area contributed by atoms with Crippen LogP contribution in [-0.4, -0.2) is 35.5 Å². The van der Waals surface area contributed by atoms with Crippen molar-refractivity contribution in [3.05, 3.63) is 23.8 Å². The van der Waals surface area contributed by atoms with E-state index in [0.29, 0.717) is 25.1 Å². The molecule has 1 aliphatic heterocycles. The van der Waals surface area contributed by atoms with Gasteiger partial charge in [0.2, 0.25) is 5.60 Å². The van der Waals surface area contributed by atoms with Crippen LogP contribution in [0.5, 0.6) is 0 Å². The van der Waals surface area contributed by atoms with Crippen LogP contribution >= 0.6 is 0 Å². The summed E-state index contributed by atoms with van der Waals surface area (Å²) in [6.45, 7) is 2.14. The van der Waals surface area contributed by atoms with E-state index in [4.69, 9.17) is 5.11 Å². The smallest absolute Gasteiger partial charge is 0.427 e. The molecule has 144 valence electrons. The number of carbonyl (C=O) groups excluding carboxylic acids is 1. The minimum Gasteiger partial charge on any atom is -0.481 e. The predicted molar refractivity (Wildman–Crippen MR) is 89.2 cm³/mol. The van der Waals surface area contributed by atoms with Crippen LogP contribution < -0.4 is 10.6 Å². The highest BCUT2D eigenvalue weighted by molar-refractivity contribution is 5.86. The van der Waals surface area contributed by atoms with Gasteiger partial charge >= 0.3 is 18.2 Å². The predicted octanol–water partition coefficient (Wildman–Crippen LogP) is 4.03. The molecule has 6 nitrogen and oxygen atoms in total. The molecule has 0 saturated heterocycles. The Bertz CT molecular complexity index is 689. The number of nitrogens with one attached hydrogen (secondary N) is 2. The Balaban J connectivity index is 1.97. The number of carbonyl (C=O) groups is 2. The van der Waals surface area contributed by atoms with Crippen LogP contribution in [0.1, 0.15) is 32.3 Å². The van der Waals surface area contributed by atoms with Crippen LogP contribution in [0.15, 0.2) is 18.2 Å². The number of amides is 1. The van der Waals surface area contributed by atoms with Crippen LogP contribution in [0, 0.1) is 5.92 Å². The molecule has 1 heterocycles. The van der Waals surface area contributed by atoms with Crippen LogP contribution in [0.4, 0.5) is 29.3 Å². The standard InChI is InChI=1S/C17H21F3N2O4/c1-16(2,17(18,19)20)26-15(25)22-12-5-4-11-7-10(3-6-14(23)24)9-21-13(11)8-12/h4-5,8,10,21H,3,6-7,9H2,1-2H3,(H,22,25)(H,23,24)/t10-/m0/s1. The number of alkyl halides is 3. The van der Waals surface area contributed by atoms with Gasteiger partial charge in [-0.05, 0) is 50.3 Å². The summed E-state index contributed by atoms with van der Waals surface area (Å²) in [6.07, 6.45) is -4.51. The number of anilines is 2. The quantitative estimate of drug-likeness (QED) is 0.724. The van der Waals surface area contributed by atoms with Gasteiger partial charge in [0.1, 0.15) is 0 Å². The van der Waals surface area contributed by atoms with Gasteiger partial charge in [0, 0.05) is 24.3 Å². The van der Waals surface area contributed by atoms with Gasteiger partial charge in [0.05, 0.1) is 0 Å². The van der Waals surface area contributed by atoms with E-state index < -0.39 is 23.8 Å². The second-order valence-corrected chi connectivity index (χ2v) is 6.78. The summed E-state index contributed by atoms with van der Waals surface area (Å²) in [7, 11) is 0. The maximum atomic E-state index is 12.8. The lowest BCUT2D eigenvalue weighted by atomic mass is 9.90. The van der Waals surface area contributed by atoms with Crippen molar-refractivity contribution in [3.8, 4) is 0 Å². The first-order chi connectivity index (χ1) is 12.0. The third-order valence-electron chi connectivity index (χ3n) is 4.24. The molecule has 26 heavy (non-hydrogen) atoms. The Morgan fingerprint density at radius 3 is 2.65 bits per heavy atom. The molecule has 0 fully saturated rings. The van der Waals surface area contributed by atoms with Gasteiger partial charge in [0.15, 0.2) is 0 Å². The van der Waals surface area contributed by atoms with E-state index in [1.54, 1.807) is 18.2 Å². The molecule has 9 heteroatoms. The van der Waals surface area contributed by atoms with Crippen molar-refractivity contribution in [2.45, 2.75) is 44.9 Å². The number of halogens is 3. The van der Waals surface area contributed by atoms with E-state index in [0.717, 1.165) is 25.1 Å². The van der Waals surface area contributed by atoms with Crippen molar-refractivity contribution in [1.29, 1.82) is 0 Å². The van der Waals surface area contributed by atoms with Crippen molar-refractivity contribution in [2.75, 3.05) is 17.2 Å². The topological polar surface area (TPSA) is 87.7 Å². The van der Waals surface area contributed by atoms with Crippen LogP contribution in [0.2, 0.25) is 0 Å². The van der Waals surface area contributed by atoms with Gasteiger partial charge in [-0.2, -0.15) is 13.2 Å². The van der Waals surface area contributed by atoms with Crippen molar-refractivity contribution < 1.29 is 32.6 Å². The first-order valence-corrected chi connectivity index (χ1v) is 8.13. The summed E-state index contributed by atoms with van der Waals surface area (Å²) in [5.41, 5.74) is -0.574. The molecule has 1 aromatic carbocycles. The minimum absolute atomic E-state index is 0.0994. The SMILES string of the molecule is CC(C)(OC(=O)Nc1ccc2c(c1)NC[C@@H](CCC(=O)O)C2)C(F)(F)F. The number of benzene rings is 1. The number of ether oxygens (including phenoxy) is 1. The van der Waals surface area contributed by atoms with E-state index in [9.17, 15) is 22.8 Å². The zero-order valence-electron chi connectivity index (χ0n) is 14.4. The third-order valence-corrected chi connectivity index (χ3v) is 4.24. The van der Waals surface area contributed by atoms with Gasteiger partial charge in [-0.15, -0.1) is 0 Å². The largest absolute Gasteiger partial charge is 0.481 e. The zero-order valence-corrected chi connectivity index (χ0v) is 14.4. The molecule has 0 spiro atoms. The van der Waals surface area contributed by atoms with Crippen LogP contribution in [-0.2, 0) is 16.0 Å². The summed E-state index contributed by atoms with van der Waals surface area (Å²) in [4.78, 5) is 22.4. The lowest BCUT2D eigenvalue weighted by Gasteiger charge is -2.28. The van der Waals surface area contributed by atoms with Gasteiger partial charge < -0.3 is 15.2 Å². The molecular weight excluding hydrogens is 353 g/mol. The second-order valence-electron chi connectivity index (χ2n) is 6.78. The molecule has 1 atom stereocenters. The number of rotatable bonds is 5. The lowest BCUT2D eigenvalue weighted by molar-refractivity contribution is -0.242. The number of aliphatic carboxylic acids is 1. The molecular formula is C17H21F3N2O4. The Morgan fingerprint density at radius 2 is 2.04 bits per heavy atom. The zero-order chi connectivity index (χ0) is 19.5. The minimum atomic E-state index is -4.67. The molecule has 0 radical (unpaired) electrons. The van der Waals surface area contributed by atoms with E-state index >= 15 is 0 Å². The number of fused-ring (bicyclic) bond motifs is 1. The Hall–Kier alpha value is -2.45. The summed E-state index contributed by atoms with van der Waals surface area (Å²) in [5.74, 6) is -0.648. The summed E-state index contributed by atoms with van der Waals surface area (Å²) in [6, 6.07) is 4.94. The molecule has 1 aromatic rings. The number of hydrogen-bond acceptors (Lipinski definition) is 4. The summed E-state index contributed by atoms with van der Waals surface area (Å²) in [5, 5.41) is 14.2. The van der Waals surface area contributed by atoms with Crippen molar-refractivity contribution >= 4 is 23.4 Å². The lowest BCUT2D eigenvalue weighted by Crippen LogP contribution is -2.44. The fraction of sp³-hybridized carbons (Fsp3) is 0.529. The maximum Gasteiger partial charge on any atom is 0.427 e. The highest BCUT2D eigenvalue weighted by Crippen LogP contribution is 2.34. The normalized spacial score (nSPS) is 17.0. The third kappa shape index (κ3) is 5.03. The molecule has 1 aliphatic rings. The fourth-order valence-electron chi connectivity index (χ4n) is 2.60. The molecule has 0 saturated carbocycles. The van der Waals surface area contributed by atoms with Gasteiger partial charge in [-0.25, -0.2) is 4.79 Å². The van der Waals surface area contributed by atoms with E-state index in [1.807, 2.05) is 0 Å². The Kier molecular flexibility index (Phi) is 5.68. The van der Waals surface area contributed by atoms with E-state index in [1.165, 1.54) is 0 Å². The maximum absolute atomic E-state index is 12.8. The van der Waals surface area contributed by atoms with Gasteiger partial charge in [0.25, 0.3) is 0 Å². The van der Waals surface area contributed by atoms with E-state index in [2.05, 4.69) is 15.4 Å². The van der Waals surface area contributed by atoms with Crippen molar-refractivity contribution in [1.82, 2.24) is 0 Å². The Labute approximate surface area is 148 Å². The molecule has 0 unspecified atom stereocenters. The number of hydrogen-bond donors (Lipinski definition) is 3. The average Bonchev–Trinajstić information content (AvgIpc) is 2.51. The van der Waals surface area contributed by atoms with Crippen LogP contribution in [0.3, 0.4) is 0 Å². The molecule has 0 bridgehead atoms. The molecule has 2 rings (SSSR count). The van der Waals surface area contributed by atoms with Crippen LogP contribution in [0.25, 0.3) is 0 Å². The van der Waals surface area contributed by atoms with Crippen molar-refractivity contribution in [2.24, 2.45) is 5.92 Å². The first-order valence-electron chi connectivity index (χ1n) is 8.13. The fourth-order valence-corrected chi connectivity index (χ4v) is 2.60. The summed E-state index contributed by atoms with van der Waals surface area (Å²) < 4.78 is 42.7. The highest BCUT2D eigenvalue weighted by Gasteiger charge is 2.50. The van der Waals surface area contributed by atoms with Gasteiger partial charge in [-0.1, -0.05) is 6.07 Å². The van der Waals surface area contributed by atoms with Gasteiger partial charge in [-0.3, -0.25) is 10.1 Å². The molecule has 0 aromatic heterocycles. The molecule has 3 N–H and O–H groups in total.